The lowest BCUT2D eigenvalue weighted by atomic mass is 10.4. The predicted octanol–water partition coefficient (Wildman–Crippen LogP) is -1.03. The van der Waals surface area contributed by atoms with Crippen LogP contribution in [0.25, 0.3) is 0 Å². The Morgan fingerprint density at radius 1 is 1.31 bits per heavy atom. The summed E-state index contributed by atoms with van der Waals surface area (Å²) in [6.45, 7) is 1.62. The molecular formula is C9H13N3O3S. The Bertz CT molecular complexity index is 507. The third-order valence-corrected chi connectivity index (χ3v) is 3.46. The molecule has 0 atom stereocenters. The van der Waals surface area contributed by atoms with Gasteiger partial charge in [-0.3, -0.25) is 18.7 Å². The fraction of sp³-hybridized carbons (Fsp3) is 0.444. The highest BCUT2D eigenvalue weighted by Crippen LogP contribution is 2.16. The molecule has 0 saturated heterocycles. The molecule has 7 heteroatoms. The van der Waals surface area contributed by atoms with Crippen LogP contribution in [-0.4, -0.2) is 20.8 Å². The van der Waals surface area contributed by atoms with E-state index in [4.69, 9.17) is 5.73 Å². The predicted molar refractivity (Wildman–Crippen MR) is 61.6 cm³/mol. The summed E-state index contributed by atoms with van der Waals surface area (Å²) >= 11 is 1.09. The number of nitrogens with two attached hydrogens (primary N) is 1. The summed E-state index contributed by atoms with van der Waals surface area (Å²) in [5.41, 5.74) is 4.69. The SMILES string of the molecule is Cc1c(SCC(N)=O)n(C)c(=O)n(C)c1=O. The first-order chi connectivity index (χ1) is 7.36. The molecule has 0 aliphatic carbocycles. The Labute approximate surface area is 96.1 Å². The Morgan fingerprint density at radius 3 is 2.38 bits per heavy atom. The molecule has 6 nitrogen and oxygen atoms in total. The van der Waals surface area contributed by atoms with Gasteiger partial charge in [-0.1, -0.05) is 11.8 Å². The highest BCUT2D eigenvalue weighted by molar-refractivity contribution is 7.99. The summed E-state index contributed by atoms with van der Waals surface area (Å²) < 4.78 is 2.37. The van der Waals surface area contributed by atoms with E-state index in [1.54, 1.807) is 14.0 Å². The standard InChI is InChI=1S/C9H13N3O3S/c1-5-7(14)11(2)9(15)12(3)8(5)16-4-6(10)13/h4H2,1-3H3,(H2,10,13). The lowest BCUT2D eigenvalue weighted by molar-refractivity contribution is -0.115. The number of thioether (sulfide) groups is 1. The third kappa shape index (κ3) is 2.19. The second kappa shape index (κ2) is 4.56. The monoisotopic (exact) mass is 243 g/mol. The van der Waals surface area contributed by atoms with Crippen molar-refractivity contribution in [3.8, 4) is 0 Å². The lowest BCUT2D eigenvalue weighted by Gasteiger charge is -2.11. The van der Waals surface area contributed by atoms with Gasteiger partial charge in [-0.25, -0.2) is 4.79 Å². The van der Waals surface area contributed by atoms with Gasteiger partial charge in [0.05, 0.1) is 10.8 Å². The summed E-state index contributed by atoms with van der Waals surface area (Å²) in [5.74, 6) is -0.445. The normalized spacial score (nSPS) is 10.4. The second-order valence-electron chi connectivity index (χ2n) is 3.39. The van der Waals surface area contributed by atoms with Crippen LogP contribution in [-0.2, 0) is 18.9 Å². The van der Waals surface area contributed by atoms with Gasteiger partial charge in [0, 0.05) is 19.7 Å². The highest BCUT2D eigenvalue weighted by atomic mass is 32.2. The van der Waals surface area contributed by atoms with E-state index in [1.165, 1.54) is 11.6 Å². The number of amides is 1. The zero-order valence-corrected chi connectivity index (χ0v) is 10.1. The number of carbonyl (C=O) groups is 1. The van der Waals surface area contributed by atoms with Crippen molar-refractivity contribution in [3.63, 3.8) is 0 Å². The smallest absolute Gasteiger partial charge is 0.331 e. The van der Waals surface area contributed by atoms with E-state index in [-0.39, 0.29) is 11.3 Å². The Hall–Kier alpha value is -1.50. The van der Waals surface area contributed by atoms with Crippen molar-refractivity contribution in [1.82, 2.24) is 9.13 Å². The van der Waals surface area contributed by atoms with Gasteiger partial charge >= 0.3 is 5.69 Å². The third-order valence-electron chi connectivity index (χ3n) is 2.18. The van der Waals surface area contributed by atoms with Gasteiger partial charge in [-0.2, -0.15) is 0 Å². The first-order valence-corrected chi connectivity index (χ1v) is 5.52. The van der Waals surface area contributed by atoms with Gasteiger partial charge in [0.2, 0.25) is 5.91 Å². The minimum Gasteiger partial charge on any atom is -0.369 e. The number of hydrogen-bond donors (Lipinski definition) is 1. The number of carbonyl (C=O) groups excluding carboxylic acids is 1. The van der Waals surface area contributed by atoms with Gasteiger partial charge in [0.15, 0.2) is 0 Å². The largest absolute Gasteiger partial charge is 0.369 e. The van der Waals surface area contributed by atoms with Crippen molar-refractivity contribution >= 4 is 17.7 Å². The molecule has 0 unspecified atom stereocenters. The number of nitrogens with zero attached hydrogens (tertiary/aromatic N) is 2. The number of aromatic nitrogens is 2. The van der Waals surface area contributed by atoms with E-state index in [0.29, 0.717) is 10.6 Å². The number of primary amides is 1. The quantitative estimate of drug-likeness (QED) is 0.543. The maximum atomic E-state index is 11.6. The van der Waals surface area contributed by atoms with Crippen LogP contribution >= 0.6 is 11.8 Å². The summed E-state index contributed by atoms with van der Waals surface area (Å²) in [4.78, 5) is 33.9. The molecule has 0 fully saturated rings. The molecule has 1 amide bonds. The fourth-order valence-electron chi connectivity index (χ4n) is 1.34. The van der Waals surface area contributed by atoms with E-state index in [9.17, 15) is 14.4 Å². The van der Waals surface area contributed by atoms with Crippen LogP contribution in [0.15, 0.2) is 14.6 Å². The molecule has 0 radical (unpaired) electrons. The van der Waals surface area contributed by atoms with E-state index >= 15 is 0 Å². The Kier molecular flexibility index (Phi) is 3.58. The molecule has 16 heavy (non-hydrogen) atoms. The fourth-order valence-corrected chi connectivity index (χ4v) is 2.19. The molecule has 1 heterocycles. The topological polar surface area (TPSA) is 87.1 Å². The Morgan fingerprint density at radius 2 is 1.88 bits per heavy atom. The molecule has 1 aromatic heterocycles. The average molecular weight is 243 g/mol. The highest BCUT2D eigenvalue weighted by Gasteiger charge is 2.12. The molecule has 0 spiro atoms. The van der Waals surface area contributed by atoms with Gasteiger partial charge < -0.3 is 5.73 Å². The van der Waals surface area contributed by atoms with Crippen molar-refractivity contribution in [1.29, 1.82) is 0 Å². The first-order valence-electron chi connectivity index (χ1n) is 4.54. The second-order valence-corrected chi connectivity index (χ2v) is 4.35. The molecule has 0 aliphatic heterocycles. The van der Waals surface area contributed by atoms with E-state index < -0.39 is 11.6 Å². The van der Waals surface area contributed by atoms with Crippen molar-refractivity contribution in [3.05, 3.63) is 26.4 Å². The molecule has 2 N–H and O–H groups in total. The molecule has 88 valence electrons. The Balaban J connectivity index is 3.35. The molecule has 1 rings (SSSR count). The van der Waals surface area contributed by atoms with Gasteiger partial charge in [-0.15, -0.1) is 0 Å². The van der Waals surface area contributed by atoms with Crippen LogP contribution < -0.4 is 17.0 Å². The molecule has 0 aromatic carbocycles. The van der Waals surface area contributed by atoms with Crippen LogP contribution in [0.5, 0.6) is 0 Å². The zero-order valence-electron chi connectivity index (χ0n) is 9.31. The van der Waals surface area contributed by atoms with Crippen LogP contribution in [0.2, 0.25) is 0 Å². The maximum Gasteiger partial charge on any atom is 0.331 e. The molecule has 0 bridgehead atoms. The van der Waals surface area contributed by atoms with E-state index in [1.807, 2.05) is 0 Å². The molecular weight excluding hydrogens is 230 g/mol. The minimum atomic E-state index is -0.488. The van der Waals surface area contributed by atoms with E-state index in [0.717, 1.165) is 16.3 Å². The number of rotatable bonds is 3. The van der Waals surface area contributed by atoms with Gasteiger partial charge in [0.1, 0.15) is 0 Å². The van der Waals surface area contributed by atoms with Crippen LogP contribution in [0.3, 0.4) is 0 Å². The average Bonchev–Trinajstić information content (AvgIpc) is 2.23. The maximum absolute atomic E-state index is 11.6. The van der Waals surface area contributed by atoms with E-state index in [2.05, 4.69) is 0 Å². The van der Waals surface area contributed by atoms with Crippen LogP contribution in [0, 0.1) is 6.92 Å². The van der Waals surface area contributed by atoms with Crippen molar-refractivity contribution < 1.29 is 4.79 Å². The van der Waals surface area contributed by atoms with Crippen molar-refractivity contribution in [2.75, 3.05) is 5.75 Å². The van der Waals surface area contributed by atoms with Gasteiger partial charge in [-0.05, 0) is 6.92 Å². The molecule has 0 saturated carbocycles. The molecule has 1 aromatic rings. The first kappa shape index (κ1) is 12.6. The number of hydrogen-bond acceptors (Lipinski definition) is 4. The summed E-state index contributed by atoms with van der Waals surface area (Å²) in [6.07, 6.45) is 0. The summed E-state index contributed by atoms with van der Waals surface area (Å²) in [6, 6.07) is 0. The van der Waals surface area contributed by atoms with Gasteiger partial charge in [0.25, 0.3) is 5.56 Å². The summed E-state index contributed by atoms with van der Waals surface area (Å²) in [7, 11) is 2.97. The van der Waals surface area contributed by atoms with Crippen molar-refractivity contribution in [2.24, 2.45) is 19.8 Å². The van der Waals surface area contributed by atoms with Crippen LogP contribution in [0.4, 0.5) is 0 Å². The lowest BCUT2D eigenvalue weighted by Crippen LogP contribution is -2.39. The molecule has 0 aliphatic rings. The summed E-state index contributed by atoms with van der Waals surface area (Å²) in [5, 5.41) is 0.479. The minimum absolute atomic E-state index is 0.0429. The zero-order chi connectivity index (χ0) is 12.5. The van der Waals surface area contributed by atoms with Crippen LogP contribution in [0.1, 0.15) is 5.56 Å². The van der Waals surface area contributed by atoms with Crippen molar-refractivity contribution in [2.45, 2.75) is 11.9 Å².